The lowest BCUT2D eigenvalue weighted by molar-refractivity contribution is 0.0723. The molecular weight excluding hydrogens is 420 g/mol. The van der Waals surface area contributed by atoms with Crippen LogP contribution in [0, 0.1) is 0 Å². The van der Waals surface area contributed by atoms with E-state index < -0.39 is 0 Å². The number of amides is 1. The molecule has 0 spiro atoms. The van der Waals surface area contributed by atoms with Crippen molar-refractivity contribution in [2.24, 2.45) is 0 Å². The molecule has 1 atom stereocenters. The summed E-state index contributed by atoms with van der Waals surface area (Å²) in [6.07, 6.45) is 5.10. The van der Waals surface area contributed by atoms with Gasteiger partial charge in [0.05, 0.1) is 12.0 Å². The van der Waals surface area contributed by atoms with Crippen LogP contribution in [0.2, 0.25) is 5.02 Å². The van der Waals surface area contributed by atoms with Gasteiger partial charge in [0.1, 0.15) is 17.0 Å². The highest BCUT2D eigenvalue weighted by atomic mass is 35.5. The molecule has 1 aromatic carbocycles. The molecule has 1 saturated heterocycles. The molecule has 5 rings (SSSR count). The number of piperazine rings is 1. The van der Waals surface area contributed by atoms with Gasteiger partial charge in [-0.05, 0) is 49.4 Å². The number of hydrogen-bond donors (Lipinski definition) is 1. The molecule has 3 aromatic rings. The fourth-order valence-electron chi connectivity index (χ4n) is 4.64. The Morgan fingerprint density at radius 1 is 1.30 bits per heavy atom. The molecule has 0 radical (unpaired) electrons. The van der Waals surface area contributed by atoms with Crippen LogP contribution < -0.4 is 4.90 Å². The number of nitrogens with zero attached hydrogens (tertiary/aromatic N) is 4. The van der Waals surface area contributed by atoms with Crippen LogP contribution in [0.1, 0.15) is 39.7 Å². The average molecular weight is 443 g/mol. The highest BCUT2D eigenvalue weighted by Crippen LogP contribution is 2.40. The maximum atomic E-state index is 13.2. The van der Waals surface area contributed by atoms with Gasteiger partial charge in [0.25, 0.3) is 5.91 Å². The second kappa shape index (κ2) is 7.80. The van der Waals surface area contributed by atoms with Gasteiger partial charge in [-0.2, -0.15) is 0 Å². The Bertz CT molecular complexity index is 1130. The number of anilines is 1. The van der Waals surface area contributed by atoms with E-state index in [0.717, 1.165) is 23.5 Å². The molecule has 1 fully saturated rings. The third-order valence-corrected chi connectivity index (χ3v) is 7.58. The van der Waals surface area contributed by atoms with Gasteiger partial charge in [-0.3, -0.25) is 4.79 Å². The minimum absolute atomic E-state index is 0.0858. The number of rotatable bonds is 3. The molecule has 156 valence electrons. The SMILES string of the molecule is CC1CN(C(=O)c2cc(Cl)ccc2CO)CCN1c1ncnc2sc3c(c12)CCC3. The van der Waals surface area contributed by atoms with Crippen molar-refractivity contribution in [2.45, 2.75) is 38.8 Å². The molecule has 8 heteroatoms. The molecule has 1 N–H and O–H groups in total. The van der Waals surface area contributed by atoms with E-state index in [4.69, 9.17) is 11.6 Å². The summed E-state index contributed by atoms with van der Waals surface area (Å²) >= 11 is 7.90. The van der Waals surface area contributed by atoms with Gasteiger partial charge in [-0.25, -0.2) is 9.97 Å². The fourth-order valence-corrected chi connectivity index (χ4v) is 6.04. The zero-order valence-corrected chi connectivity index (χ0v) is 18.3. The van der Waals surface area contributed by atoms with Crippen LogP contribution in [0.25, 0.3) is 10.2 Å². The Morgan fingerprint density at radius 2 is 2.17 bits per heavy atom. The van der Waals surface area contributed by atoms with Crippen LogP contribution in [0.15, 0.2) is 24.5 Å². The largest absolute Gasteiger partial charge is 0.392 e. The number of aryl methyl sites for hydroxylation is 2. The Hall–Kier alpha value is -2.22. The lowest BCUT2D eigenvalue weighted by atomic mass is 10.0. The summed E-state index contributed by atoms with van der Waals surface area (Å²) in [5, 5.41) is 11.3. The predicted molar refractivity (Wildman–Crippen MR) is 120 cm³/mol. The number of aliphatic hydroxyl groups excluding tert-OH is 1. The number of thiophene rings is 1. The Morgan fingerprint density at radius 3 is 2.97 bits per heavy atom. The molecule has 6 nitrogen and oxygen atoms in total. The van der Waals surface area contributed by atoms with E-state index in [1.54, 1.807) is 35.9 Å². The van der Waals surface area contributed by atoms with E-state index in [0.29, 0.717) is 35.8 Å². The van der Waals surface area contributed by atoms with Crippen molar-refractivity contribution in [3.63, 3.8) is 0 Å². The number of hydrogen-bond acceptors (Lipinski definition) is 6. The van der Waals surface area contributed by atoms with Crippen molar-refractivity contribution in [3.05, 3.63) is 51.1 Å². The standard InChI is InChI=1S/C22H23ClN4O2S/c1-13-10-26(22(29)17-9-15(23)6-5-14(17)11-28)7-8-27(13)20-19-16-3-2-4-18(16)30-21(19)25-12-24-20/h5-6,9,12-13,28H,2-4,7-8,10-11H2,1H3. The minimum atomic E-state index is -0.185. The number of halogens is 1. The zero-order chi connectivity index (χ0) is 20.8. The fraction of sp³-hybridized carbons (Fsp3) is 0.409. The molecule has 2 aromatic heterocycles. The van der Waals surface area contributed by atoms with E-state index in [-0.39, 0.29) is 18.6 Å². The maximum absolute atomic E-state index is 13.2. The average Bonchev–Trinajstić information content (AvgIpc) is 3.34. The molecule has 3 heterocycles. The lowest BCUT2D eigenvalue weighted by Gasteiger charge is -2.41. The van der Waals surface area contributed by atoms with Crippen LogP contribution in [0.4, 0.5) is 5.82 Å². The lowest BCUT2D eigenvalue weighted by Crippen LogP contribution is -2.54. The van der Waals surface area contributed by atoms with Crippen molar-refractivity contribution in [1.82, 2.24) is 14.9 Å². The molecule has 1 unspecified atom stereocenters. The molecule has 1 amide bonds. The van der Waals surface area contributed by atoms with Crippen molar-refractivity contribution >= 4 is 44.9 Å². The number of fused-ring (bicyclic) bond motifs is 3. The van der Waals surface area contributed by atoms with E-state index >= 15 is 0 Å². The van der Waals surface area contributed by atoms with E-state index in [1.165, 1.54) is 22.2 Å². The summed E-state index contributed by atoms with van der Waals surface area (Å²) in [4.78, 5) is 29.0. The molecule has 1 aliphatic heterocycles. The van der Waals surface area contributed by atoms with Gasteiger partial charge in [0.2, 0.25) is 0 Å². The molecular formula is C22H23ClN4O2S. The van der Waals surface area contributed by atoms with Gasteiger partial charge in [-0.1, -0.05) is 17.7 Å². The highest BCUT2D eigenvalue weighted by molar-refractivity contribution is 7.19. The van der Waals surface area contributed by atoms with Crippen LogP contribution in [0.5, 0.6) is 0 Å². The molecule has 30 heavy (non-hydrogen) atoms. The first-order valence-electron chi connectivity index (χ1n) is 10.3. The second-order valence-corrected chi connectivity index (χ2v) is 9.51. The van der Waals surface area contributed by atoms with E-state index in [1.807, 2.05) is 4.90 Å². The van der Waals surface area contributed by atoms with Crippen molar-refractivity contribution in [1.29, 1.82) is 0 Å². The van der Waals surface area contributed by atoms with Crippen molar-refractivity contribution < 1.29 is 9.90 Å². The Labute approximate surface area is 184 Å². The van der Waals surface area contributed by atoms with Gasteiger partial charge < -0.3 is 14.9 Å². The first-order valence-corrected chi connectivity index (χ1v) is 11.5. The van der Waals surface area contributed by atoms with Crippen molar-refractivity contribution in [3.8, 4) is 0 Å². The van der Waals surface area contributed by atoms with Crippen molar-refractivity contribution in [2.75, 3.05) is 24.5 Å². The van der Waals surface area contributed by atoms with E-state index in [2.05, 4.69) is 21.8 Å². The van der Waals surface area contributed by atoms with Gasteiger partial charge in [0, 0.05) is 41.1 Å². The highest BCUT2D eigenvalue weighted by Gasteiger charge is 2.31. The van der Waals surface area contributed by atoms with Gasteiger partial charge in [0.15, 0.2) is 0 Å². The topological polar surface area (TPSA) is 69.6 Å². The third-order valence-electron chi connectivity index (χ3n) is 6.14. The summed E-state index contributed by atoms with van der Waals surface area (Å²) in [5.74, 6) is 0.912. The van der Waals surface area contributed by atoms with Gasteiger partial charge in [-0.15, -0.1) is 11.3 Å². The van der Waals surface area contributed by atoms with Gasteiger partial charge >= 0.3 is 0 Å². The Balaban J connectivity index is 1.41. The zero-order valence-electron chi connectivity index (χ0n) is 16.8. The summed E-state index contributed by atoms with van der Waals surface area (Å²) < 4.78 is 0. The first-order chi connectivity index (χ1) is 14.6. The first kappa shape index (κ1) is 19.7. The number of carbonyl (C=O) groups excluding carboxylic acids is 1. The molecule has 0 saturated carbocycles. The van der Waals surface area contributed by atoms with Crippen LogP contribution >= 0.6 is 22.9 Å². The van der Waals surface area contributed by atoms with E-state index in [9.17, 15) is 9.90 Å². The summed E-state index contributed by atoms with van der Waals surface area (Å²) in [6.45, 7) is 3.84. The number of aliphatic hydroxyl groups is 1. The van der Waals surface area contributed by atoms with Crippen LogP contribution in [-0.4, -0.2) is 51.6 Å². The summed E-state index contributed by atoms with van der Waals surface area (Å²) in [5.41, 5.74) is 2.50. The maximum Gasteiger partial charge on any atom is 0.254 e. The predicted octanol–water partition coefficient (Wildman–Crippen LogP) is 3.68. The summed E-state index contributed by atoms with van der Waals surface area (Å²) in [6, 6.07) is 5.18. The number of aromatic nitrogens is 2. The number of carbonyl (C=O) groups is 1. The third kappa shape index (κ3) is 3.25. The molecule has 0 bridgehead atoms. The number of benzene rings is 1. The van der Waals surface area contributed by atoms with Crippen LogP contribution in [-0.2, 0) is 19.4 Å². The quantitative estimate of drug-likeness (QED) is 0.670. The Kier molecular flexibility index (Phi) is 5.13. The second-order valence-electron chi connectivity index (χ2n) is 7.99. The minimum Gasteiger partial charge on any atom is -0.392 e. The monoisotopic (exact) mass is 442 g/mol. The van der Waals surface area contributed by atoms with Crippen LogP contribution in [0.3, 0.4) is 0 Å². The smallest absolute Gasteiger partial charge is 0.254 e. The molecule has 1 aliphatic carbocycles. The summed E-state index contributed by atoms with van der Waals surface area (Å²) in [7, 11) is 0. The normalized spacial score (nSPS) is 18.8. The molecule has 2 aliphatic rings.